The predicted octanol–water partition coefficient (Wildman–Crippen LogP) is 1.89. The second-order valence-corrected chi connectivity index (χ2v) is 6.01. The molecule has 6 heteroatoms. The lowest BCUT2D eigenvalue weighted by molar-refractivity contribution is 0.415. The number of halogens is 1. The Kier molecular flexibility index (Phi) is 2.99. The SMILES string of the molecule is COc1ccc(Cl)cc1N1CCCS1(=O)=O. The van der Waals surface area contributed by atoms with Gasteiger partial charge in [0.25, 0.3) is 0 Å². The van der Waals surface area contributed by atoms with Crippen LogP contribution < -0.4 is 9.04 Å². The van der Waals surface area contributed by atoms with E-state index in [1.165, 1.54) is 11.4 Å². The van der Waals surface area contributed by atoms with Crippen LogP contribution in [0.4, 0.5) is 5.69 Å². The summed E-state index contributed by atoms with van der Waals surface area (Å²) in [5.41, 5.74) is 0.521. The smallest absolute Gasteiger partial charge is 0.235 e. The molecule has 0 aromatic heterocycles. The van der Waals surface area contributed by atoms with E-state index in [9.17, 15) is 8.42 Å². The average molecular weight is 262 g/mol. The molecule has 4 nitrogen and oxygen atoms in total. The topological polar surface area (TPSA) is 46.6 Å². The van der Waals surface area contributed by atoms with Crippen molar-refractivity contribution in [1.82, 2.24) is 0 Å². The van der Waals surface area contributed by atoms with Crippen molar-refractivity contribution in [3.63, 3.8) is 0 Å². The molecule has 88 valence electrons. The molecule has 0 unspecified atom stereocenters. The minimum absolute atomic E-state index is 0.183. The van der Waals surface area contributed by atoms with E-state index in [0.717, 1.165) is 0 Å². The number of anilines is 1. The lowest BCUT2D eigenvalue weighted by atomic mass is 10.3. The fourth-order valence-corrected chi connectivity index (χ4v) is 3.50. The predicted molar refractivity (Wildman–Crippen MR) is 63.8 cm³/mol. The summed E-state index contributed by atoms with van der Waals surface area (Å²) in [6.07, 6.45) is 0.637. The van der Waals surface area contributed by atoms with Crippen molar-refractivity contribution in [1.29, 1.82) is 0 Å². The summed E-state index contributed by atoms with van der Waals surface area (Å²) in [5, 5.41) is 0.498. The fraction of sp³-hybridized carbons (Fsp3) is 0.400. The molecule has 1 aliphatic heterocycles. The highest BCUT2D eigenvalue weighted by atomic mass is 35.5. The largest absolute Gasteiger partial charge is 0.495 e. The molecule has 0 bridgehead atoms. The molecule has 1 aromatic rings. The molecule has 0 saturated carbocycles. The van der Waals surface area contributed by atoms with Crippen LogP contribution >= 0.6 is 11.6 Å². The van der Waals surface area contributed by atoms with Gasteiger partial charge in [-0.25, -0.2) is 8.42 Å². The number of nitrogens with zero attached hydrogens (tertiary/aromatic N) is 1. The van der Waals surface area contributed by atoms with Crippen molar-refractivity contribution in [2.24, 2.45) is 0 Å². The van der Waals surface area contributed by atoms with Gasteiger partial charge in [-0.3, -0.25) is 4.31 Å². The van der Waals surface area contributed by atoms with Gasteiger partial charge in [-0.15, -0.1) is 0 Å². The second kappa shape index (κ2) is 4.14. The quantitative estimate of drug-likeness (QED) is 0.817. The first-order valence-corrected chi connectivity index (χ1v) is 6.87. The number of benzene rings is 1. The molecule has 1 aromatic carbocycles. The van der Waals surface area contributed by atoms with Crippen LogP contribution in [0.25, 0.3) is 0 Å². The Morgan fingerprint density at radius 2 is 2.19 bits per heavy atom. The monoisotopic (exact) mass is 261 g/mol. The molecule has 1 heterocycles. The van der Waals surface area contributed by atoms with E-state index in [-0.39, 0.29) is 5.75 Å². The number of rotatable bonds is 2. The first-order valence-electron chi connectivity index (χ1n) is 4.88. The maximum atomic E-state index is 11.8. The van der Waals surface area contributed by atoms with Gasteiger partial charge in [-0.2, -0.15) is 0 Å². The number of sulfonamides is 1. The van der Waals surface area contributed by atoms with Crippen LogP contribution in [-0.4, -0.2) is 27.8 Å². The van der Waals surface area contributed by atoms with Gasteiger partial charge in [-0.05, 0) is 24.6 Å². The van der Waals surface area contributed by atoms with Gasteiger partial charge in [0.1, 0.15) is 5.75 Å². The van der Waals surface area contributed by atoms with Crippen molar-refractivity contribution in [2.45, 2.75) is 6.42 Å². The van der Waals surface area contributed by atoms with Gasteiger partial charge in [0.2, 0.25) is 10.0 Å². The van der Waals surface area contributed by atoms with Crippen molar-refractivity contribution >= 4 is 27.3 Å². The lowest BCUT2D eigenvalue weighted by Gasteiger charge is -2.19. The standard InChI is InChI=1S/C10H12ClNO3S/c1-15-10-4-3-8(11)7-9(10)12-5-2-6-16(12,13)14/h3-4,7H,2,5-6H2,1H3. The molecule has 0 radical (unpaired) electrons. The van der Waals surface area contributed by atoms with Crippen LogP contribution in [-0.2, 0) is 10.0 Å². The van der Waals surface area contributed by atoms with Crippen LogP contribution in [0.1, 0.15) is 6.42 Å². The number of methoxy groups -OCH3 is 1. The second-order valence-electron chi connectivity index (χ2n) is 3.56. The maximum Gasteiger partial charge on any atom is 0.235 e. The van der Waals surface area contributed by atoms with E-state index in [1.807, 2.05) is 0 Å². The van der Waals surface area contributed by atoms with E-state index < -0.39 is 10.0 Å². The summed E-state index contributed by atoms with van der Waals surface area (Å²) in [6, 6.07) is 4.96. The van der Waals surface area contributed by atoms with Gasteiger partial charge in [0.05, 0.1) is 18.6 Å². The Labute approximate surface area is 99.8 Å². The highest BCUT2D eigenvalue weighted by molar-refractivity contribution is 7.93. The van der Waals surface area contributed by atoms with Gasteiger partial charge >= 0.3 is 0 Å². The zero-order valence-electron chi connectivity index (χ0n) is 8.81. The summed E-state index contributed by atoms with van der Waals surface area (Å²) < 4.78 is 30.0. The molecule has 0 amide bonds. The van der Waals surface area contributed by atoms with E-state index in [2.05, 4.69) is 0 Å². The summed E-state index contributed by atoms with van der Waals surface area (Å²) in [7, 11) is -1.69. The molecular weight excluding hydrogens is 250 g/mol. The Bertz CT molecular complexity index is 501. The lowest BCUT2D eigenvalue weighted by Crippen LogP contribution is -2.25. The van der Waals surface area contributed by atoms with Crippen molar-refractivity contribution in [3.05, 3.63) is 23.2 Å². The highest BCUT2D eigenvalue weighted by Crippen LogP contribution is 2.35. The maximum absolute atomic E-state index is 11.8. The molecule has 0 aliphatic carbocycles. The van der Waals surface area contributed by atoms with Gasteiger partial charge in [0, 0.05) is 11.6 Å². The zero-order valence-corrected chi connectivity index (χ0v) is 10.4. The van der Waals surface area contributed by atoms with Crippen LogP contribution in [0.15, 0.2) is 18.2 Å². The molecule has 2 rings (SSSR count). The minimum Gasteiger partial charge on any atom is -0.495 e. The number of hydrogen-bond donors (Lipinski definition) is 0. The van der Waals surface area contributed by atoms with Crippen LogP contribution in [0.3, 0.4) is 0 Å². The first kappa shape index (κ1) is 11.5. The summed E-state index contributed by atoms with van der Waals surface area (Å²) in [4.78, 5) is 0. The third kappa shape index (κ3) is 1.97. The van der Waals surface area contributed by atoms with E-state index >= 15 is 0 Å². The molecule has 1 aliphatic rings. The molecule has 0 spiro atoms. The van der Waals surface area contributed by atoms with E-state index in [0.29, 0.717) is 29.4 Å². The molecular formula is C10H12ClNO3S. The van der Waals surface area contributed by atoms with Gasteiger partial charge in [-0.1, -0.05) is 11.6 Å². The molecule has 1 fully saturated rings. The third-order valence-electron chi connectivity index (χ3n) is 2.51. The van der Waals surface area contributed by atoms with Crippen molar-refractivity contribution in [3.8, 4) is 5.75 Å². The normalized spacial score (nSPS) is 18.8. The summed E-state index contributed by atoms with van der Waals surface area (Å²) in [6.45, 7) is 0.485. The minimum atomic E-state index is -3.19. The number of hydrogen-bond acceptors (Lipinski definition) is 3. The third-order valence-corrected chi connectivity index (χ3v) is 4.60. The average Bonchev–Trinajstić information content (AvgIpc) is 2.58. The first-order chi connectivity index (χ1) is 7.54. The zero-order chi connectivity index (χ0) is 11.8. The molecule has 1 saturated heterocycles. The van der Waals surface area contributed by atoms with Crippen molar-refractivity contribution in [2.75, 3.05) is 23.7 Å². The Morgan fingerprint density at radius 3 is 2.75 bits per heavy atom. The van der Waals surface area contributed by atoms with Crippen LogP contribution in [0.2, 0.25) is 5.02 Å². The molecule has 0 atom stereocenters. The van der Waals surface area contributed by atoms with E-state index in [1.54, 1.807) is 18.2 Å². The van der Waals surface area contributed by atoms with Crippen LogP contribution in [0, 0.1) is 0 Å². The van der Waals surface area contributed by atoms with Crippen LogP contribution in [0.5, 0.6) is 5.75 Å². The van der Waals surface area contributed by atoms with E-state index in [4.69, 9.17) is 16.3 Å². The Morgan fingerprint density at radius 1 is 1.44 bits per heavy atom. The molecule has 16 heavy (non-hydrogen) atoms. The fourth-order valence-electron chi connectivity index (χ4n) is 1.77. The highest BCUT2D eigenvalue weighted by Gasteiger charge is 2.30. The van der Waals surface area contributed by atoms with Crippen molar-refractivity contribution < 1.29 is 13.2 Å². The summed E-state index contributed by atoms with van der Waals surface area (Å²) >= 11 is 5.87. The Balaban J connectivity index is 2.50. The summed E-state index contributed by atoms with van der Waals surface area (Å²) in [5.74, 6) is 0.706. The number of ether oxygens (including phenoxy) is 1. The Hall–Kier alpha value is -0.940. The molecule has 0 N–H and O–H groups in total. The van der Waals surface area contributed by atoms with Gasteiger partial charge < -0.3 is 4.74 Å². The van der Waals surface area contributed by atoms with Gasteiger partial charge in [0.15, 0.2) is 0 Å².